The summed E-state index contributed by atoms with van der Waals surface area (Å²) in [5, 5.41) is 6.12. The molecule has 0 aromatic rings. The van der Waals surface area contributed by atoms with Gasteiger partial charge in [-0.1, -0.05) is 0 Å². The number of piperidine rings is 1. The second-order valence-corrected chi connectivity index (χ2v) is 4.95. The largest absolute Gasteiger partial charge is 0.383 e. The van der Waals surface area contributed by atoms with E-state index in [9.17, 15) is 9.59 Å². The van der Waals surface area contributed by atoms with E-state index in [1.807, 2.05) is 11.8 Å². The van der Waals surface area contributed by atoms with E-state index in [0.29, 0.717) is 19.2 Å². The first-order chi connectivity index (χ1) is 9.04. The smallest absolute Gasteiger partial charge is 0.236 e. The van der Waals surface area contributed by atoms with Crippen LogP contribution in [0.15, 0.2) is 0 Å². The first kappa shape index (κ1) is 15.9. The maximum Gasteiger partial charge on any atom is 0.236 e. The van der Waals surface area contributed by atoms with Gasteiger partial charge in [0.2, 0.25) is 11.8 Å². The number of likely N-dealkylation sites (tertiary alicyclic amines) is 1. The van der Waals surface area contributed by atoms with Crippen LogP contribution < -0.4 is 10.6 Å². The Labute approximate surface area is 114 Å². The van der Waals surface area contributed by atoms with E-state index in [1.165, 1.54) is 0 Å². The van der Waals surface area contributed by atoms with Crippen molar-refractivity contribution in [2.24, 2.45) is 0 Å². The van der Waals surface area contributed by atoms with Gasteiger partial charge in [-0.25, -0.2) is 0 Å². The molecule has 2 N–H and O–H groups in total. The number of carbonyl (C=O) groups excluding carboxylic acids is 2. The highest BCUT2D eigenvalue weighted by atomic mass is 16.5. The molecule has 110 valence electrons. The minimum atomic E-state index is -0.217. The molecule has 6 heteroatoms. The zero-order valence-corrected chi connectivity index (χ0v) is 12.1. The highest BCUT2D eigenvalue weighted by Crippen LogP contribution is 2.10. The Bertz CT molecular complexity index is 302. The molecule has 1 saturated heterocycles. The van der Waals surface area contributed by atoms with Gasteiger partial charge in [0.05, 0.1) is 12.6 Å². The van der Waals surface area contributed by atoms with Gasteiger partial charge in [-0.2, -0.15) is 0 Å². The highest BCUT2D eigenvalue weighted by molar-refractivity contribution is 5.81. The van der Waals surface area contributed by atoms with E-state index in [2.05, 4.69) is 10.6 Å². The number of hydrogen-bond donors (Lipinski definition) is 2. The van der Waals surface area contributed by atoms with Crippen LogP contribution in [0.4, 0.5) is 0 Å². The second-order valence-electron chi connectivity index (χ2n) is 4.95. The Morgan fingerprint density at radius 2 is 2.00 bits per heavy atom. The summed E-state index contributed by atoms with van der Waals surface area (Å²) >= 11 is 0. The number of nitrogens with one attached hydrogen (secondary N) is 2. The van der Waals surface area contributed by atoms with E-state index in [1.54, 1.807) is 14.0 Å². The molecule has 0 aromatic heterocycles. The van der Waals surface area contributed by atoms with Crippen LogP contribution >= 0.6 is 0 Å². The fourth-order valence-electron chi connectivity index (χ4n) is 2.22. The minimum absolute atomic E-state index is 0.00829. The highest BCUT2D eigenvalue weighted by Gasteiger charge is 2.23. The van der Waals surface area contributed by atoms with Gasteiger partial charge in [0, 0.05) is 39.7 Å². The van der Waals surface area contributed by atoms with E-state index in [-0.39, 0.29) is 17.9 Å². The summed E-state index contributed by atoms with van der Waals surface area (Å²) < 4.78 is 4.88. The fraction of sp³-hybridized carbons (Fsp3) is 0.846. The summed E-state index contributed by atoms with van der Waals surface area (Å²) in [6.07, 6.45) is 1.80. The van der Waals surface area contributed by atoms with Crippen molar-refractivity contribution in [3.8, 4) is 0 Å². The van der Waals surface area contributed by atoms with Gasteiger partial charge in [0.25, 0.3) is 0 Å². The van der Waals surface area contributed by atoms with Crippen molar-refractivity contribution < 1.29 is 14.3 Å². The van der Waals surface area contributed by atoms with Gasteiger partial charge in [-0.05, 0) is 19.8 Å². The average molecular weight is 271 g/mol. The Balaban J connectivity index is 2.24. The molecule has 0 aromatic carbocycles. The van der Waals surface area contributed by atoms with Crippen LogP contribution in [0.25, 0.3) is 0 Å². The van der Waals surface area contributed by atoms with E-state index in [4.69, 9.17) is 4.74 Å². The normalized spacial score (nSPS) is 18.2. The summed E-state index contributed by atoms with van der Waals surface area (Å²) in [6, 6.07) is 0.0875. The molecule has 1 heterocycles. The lowest BCUT2D eigenvalue weighted by atomic mass is 10.0. The predicted octanol–water partition coefficient (Wildman–Crippen LogP) is -0.262. The molecule has 0 radical (unpaired) electrons. The third-order valence-corrected chi connectivity index (χ3v) is 3.42. The topological polar surface area (TPSA) is 70.7 Å². The van der Waals surface area contributed by atoms with E-state index >= 15 is 0 Å². The van der Waals surface area contributed by atoms with Crippen molar-refractivity contribution in [3.63, 3.8) is 0 Å². The maximum atomic E-state index is 11.8. The van der Waals surface area contributed by atoms with Gasteiger partial charge >= 0.3 is 0 Å². The molecule has 0 bridgehead atoms. The van der Waals surface area contributed by atoms with Crippen LogP contribution in [0, 0.1) is 0 Å². The molecular weight excluding hydrogens is 246 g/mol. The summed E-state index contributed by atoms with van der Waals surface area (Å²) in [5.74, 6) is 0.120. The van der Waals surface area contributed by atoms with Crippen LogP contribution in [0.2, 0.25) is 0 Å². The van der Waals surface area contributed by atoms with E-state index in [0.717, 1.165) is 25.9 Å². The molecule has 0 saturated carbocycles. The van der Waals surface area contributed by atoms with Crippen molar-refractivity contribution in [1.29, 1.82) is 0 Å². The molecule has 19 heavy (non-hydrogen) atoms. The van der Waals surface area contributed by atoms with Crippen molar-refractivity contribution in [1.82, 2.24) is 15.5 Å². The Morgan fingerprint density at radius 1 is 1.37 bits per heavy atom. The van der Waals surface area contributed by atoms with Crippen LogP contribution in [0.1, 0.15) is 26.7 Å². The van der Waals surface area contributed by atoms with Crippen LogP contribution in [-0.2, 0) is 14.3 Å². The standard InChI is InChI=1S/C13H25N3O3/c1-10(13(18)14-6-9-19-3)15-12-4-7-16(8-5-12)11(2)17/h10,12,15H,4-9H2,1-3H3,(H,14,18). The van der Waals surface area contributed by atoms with Crippen LogP contribution in [0.5, 0.6) is 0 Å². The summed E-state index contributed by atoms with van der Waals surface area (Å²) in [4.78, 5) is 24.8. The zero-order valence-electron chi connectivity index (χ0n) is 12.1. The number of methoxy groups -OCH3 is 1. The number of amides is 2. The lowest BCUT2D eigenvalue weighted by Crippen LogP contribution is -2.51. The summed E-state index contributed by atoms with van der Waals surface area (Å²) in [6.45, 7) is 6.05. The van der Waals surface area contributed by atoms with Crippen molar-refractivity contribution >= 4 is 11.8 Å². The Morgan fingerprint density at radius 3 is 2.53 bits per heavy atom. The summed E-state index contributed by atoms with van der Waals surface area (Å²) in [5.41, 5.74) is 0. The molecule has 1 atom stereocenters. The molecule has 2 amide bonds. The quantitative estimate of drug-likeness (QED) is 0.653. The van der Waals surface area contributed by atoms with Gasteiger partial charge in [0.1, 0.15) is 0 Å². The van der Waals surface area contributed by atoms with Gasteiger partial charge in [-0.3, -0.25) is 9.59 Å². The molecule has 0 aliphatic carbocycles. The molecular formula is C13H25N3O3. The molecule has 1 aliphatic rings. The third-order valence-electron chi connectivity index (χ3n) is 3.42. The summed E-state index contributed by atoms with van der Waals surface area (Å²) in [7, 11) is 1.61. The SMILES string of the molecule is COCCNC(=O)C(C)NC1CCN(C(C)=O)CC1. The maximum absolute atomic E-state index is 11.8. The Kier molecular flexibility index (Phi) is 6.80. The van der Waals surface area contributed by atoms with Crippen molar-refractivity contribution in [2.45, 2.75) is 38.8 Å². The molecule has 1 unspecified atom stereocenters. The average Bonchev–Trinajstić information content (AvgIpc) is 2.39. The number of hydrogen-bond acceptors (Lipinski definition) is 4. The van der Waals surface area contributed by atoms with Gasteiger partial charge in [0.15, 0.2) is 0 Å². The molecule has 1 rings (SSSR count). The fourth-order valence-corrected chi connectivity index (χ4v) is 2.22. The molecule has 6 nitrogen and oxygen atoms in total. The lowest BCUT2D eigenvalue weighted by Gasteiger charge is -2.33. The van der Waals surface area contributed by atoms with Crippen LogP contribution in [0.3, 0.4) is 0 Å². The van der Waals surface area contributed by atoms with Crippen molar-refractivity contribution in [2.75, 3.05) is 33.4 Å². The number of carbonyl (C=O) groups is 2. The number of ether oxygens (including phenoxy) is 1. The number of nitrogens with zero attached hydrogens (tertiary/aromatic N) is 1. The lowest BCUT2D eigenvalue weighted by molar-refractivity contribution is -0.130. The number of rotatable bonds is 6. The van der Waals surface area contributed by atoms with E-state index < -0.39 is 0 Å². The molecule has 0 spiro atoms. The van der Waals surface area contributed by atoms with Gasteiger partial charge < -0.3 is 20.3 Å². The first-order valence-corrected chi connectivity index (χ1v) is 6.82. The second kappa shape index (κ2) is 8.12. The van der Waals surface area contributed by atoms with Gasteiger partial charge in [-0.15, -0.1) is 0 Å². The molecule has 1 fully saturated rings. The monoisotopic (exact) mass is 271 g/mol. The minimum Gasteiger partial charge on any atom is -0.383 e. The van der Waals surface area contributed by atoms with Crippen molar-refractivity contribution in [3.05, 3.63) is 0 Å². The third kappa shape index (κ3) is 5.57. The zero-order chi connectivity index (χ0) is 14.3. The first-order valence-electron chi connectivity index (χ1n) is 6.82. The predicted molar refractivity (Wildman–Crippen MR) is 72.8 cm³/mol. The molecule has 1 aliphatic heterocycles. The van der Waals surface area contributed by atoms with Crippen LogP contribution in [-0.4, -0.2) is 62.1 Å². The Hall–Kier alpha value is -1.14.